The average Bonchev–Trinajstić information content (AvgIpc) is 3.13. The molecular formula is C20H28N2S. The molecule has 1 aliphatic rings. The number of hydrogen-bond donors (Lipinski definition) is 1. The minimum atomic E-state index is -0.0788. The Labute approximate surface area is 144 Å². The minimum absolute atomic E-state index is 0.0788. The molecule has 1 unspecified atom stereocenters. The van der Waals surface area contributed by atoms with Crippen molar-refractivity contribution in [1.82, 2.24) is 4.90 Å². The van der Waals surface area contributed by atoms with Crippen molar-refractivity contribution >= 4 is 11.3 Å². The molecule has 0 amide bonds. The third kappa shape index (κ3) is 4.23. The molecular weight excluding hydrogens is 300 g/mol. The van der Waals surface area contributed by atoms with Gasteiger partial charge < -0.3 is 5.73 Å². The van der Waals surface area contributed by atoms with Gasteiger partial charge in [-0.2, -0.15) is 0 Å². The van der Waals surface area contributed by atoms with Crippen molar-refractivity contribution in [2.75, 3.05) is 6.54 Å². The van der Waals surface area contributed by atoms with Crippen LogP contribution < -0.4 is 5.73 Å². The van der Waals surface area contributed by atoms with Crippen LogP contribution in [0.4, 0.5) is 0 Å². The maximum atomic E-state index is 6.54. The minimum Gasteiger partial charge on any atom is -0.325 e. The van der Waals surface area contributed by atoms with E-state index in [2.05, 4.69) is 55.3 Å². The third-order valence-electron chi connectivity index (χ3n) is 5.13. The van der Waals surface area contributed by atoms with Gasteiger partial charge in [-0.3, -0.25) is 4.90 Å². The second-order valence-electron chi connectivity index (χ2n) is 7.40. The second kappa shape index (κ2) is 6.76. The second-order valence-corrected chi connectivity index (χ2v) is 8.43. The molecule has 1 aromatic carbocycles. The van der Waals surface area contributed by atoms with E-state index in [-0.39, 0.29) is 5.54 Å². The lowest BCUT2D eigenvalue weighted by atomic mass is 9.92. The predicted octanol–water partition coefficient (Wildman–Crippen LogP) is 4.42. The van der Waals surface area contributed by atoms with Crippen LogP contribution in [0.3, 0.4) is 0 Å². The molecule has 2 aromatic rings. The van der Waals surface area contributed by atoms with Crippen LogP contribution in [0.2, 0.25) is 0 Å². The third-order valence-corrected chi connectivity index (χ3v) is 6.06. The van der Waals surface area contributed by atoms with Crippen molar-refractivity contribution in [2.45, 2.75) is 58.7 Å². The molecule has 0 fully saturated rings. The standard InChI is InChI=1S/C20H28N2S/c1-15-11-17-13-22(14-18(17)12-16(15)2)9-8-20(3,21)7-6-19-5-4-10-23-19/h4-5,10-12H,6-9,13-14,21H2,1-3H3. The Kier molecular flexibility index (Phi) is 4.90. The maximum Gasteiger partial charge on any atom is 0.0240 e. The van der Waals surface area contributed by atoms with Crippen LogP contribution in [0.5, 0.6) is 0 Å². The van der Waals surface area contributed by atoms with Crippen molar-refractivity contribution in [1.29, 1.82) is 0 Å². The van der Waals surface area contributed by atoms with Gasteiger partial charge in [0.05, 0.1) is 0 Å². The Morgan fingerprint density at radius 1 is 1.13 bits per heavy atom. The van der Waals surface area contributed by atoms with Crippen molar-refractivity contribution in [3.05, 3.63) is 56.8 Å². The van der Waals surface area contributed by atoms with E-state index in [0.29, 0.717) is 0 Å². The van der Waals surface area contributed by atoms with Crippen molar-refractivity contribution < 1.29 is 0 Å². The molecule has 1 aliphatic heterocycles. The van der Waals surface area contributed by atoms with E-state index in [1.54, 1.807) is 0 Å². The van der Waals surface area contributed by atoms with E-state index < -0.39 is 0 Å². The number of aryl methyl sites for hydroxylation is 3. The van der Waals surface area contributed by atoms with Crippen LogP contribution in [0.15, 0.2) is 29.6 Å². The number of nitrogens with two attached hydrogens (primary N) is 1. The Bertz CT molecular complexity index is 628. The lowest BCUT2D eigenvalue weighted by Gasteiger charge is -2.27. The summed E-state index contributed by atoms with van der Waals surface area (Å²) in [7, 11) is 0. The van der Waals surface area contributed by atoms with Crippen molar-refractivity contribution in [3.8, 4) is 0 Å². The lowest BCUT2D eigenvalue weighted by molar-refractivity contribution is 0.244. The lowest BCUT2D eigenvalue weighted by Crippen LogP contribution is -2.39. The molecule has 0 bridgehead atoms. The average molecular weight is 329 g/mol. The molecule has 3 rings (SSSR count). The SMILES string of the molecule is Cc1cc2c(cc1C)CN(CCC(C)(N)CCc1cccs1)C2. The van der Waals surface area contributed by atoms with E-state index in [0.717, 1.165) is 38.9 Å². The van der Waals surface area contributed by atoms with Crippen LogP contribution in [0.1, 0.15) is 46.9 Å². The zero-order valence-corrected chi connectivity index (χ0v) is 15.4. The molecule has 2 nitrogen and oxygen atoms in total. The Morgan fingerprint density at radius 3 is 2.35 bits per heavy atom. The molecule has 0 saturated carbocycles. The molecule has 2 heterocycles. The number of thiophene rings is 1. The molecule has 1 aromatic heterocycles. The summed E-state index contributed by atoms with van der Waals surface area (Å²) in [5.41, 5.74) is 12.3. The molecule has 1 atom stereocenters. The molecule has 0 aliphatic carbocycles. The fourth-order valence-electron chi connectivity index (χ4n) is 3.33. The monoisotopic (exact) mass is 328 g/mol. The normalized spacial score (nSPS) is 17.2. The Balaban J connectivity index is 1.51. The molecule has 0 radical (unpaired) electrons. The number of benzene rings is 1. The Hall–Kier alpha value is -1.16. The number of fused-ring (bicyclic) bond motifs is 1. The van der Waals surface area contributed by atoms with Crippen LogP contribution in [-0.2, 0) is 19.5 Å². The first-order valence-electron chi connectivity index (χ1n) is 8.55. The first-order chi connectivity index (χ1) is 10.9. The van der Waals surface area contributed by atoms with Crippen LogP contribution in [0.25, 0.3) is 0 Å². The zero-order valence-electron chi connectivity index (χ0n) is 14.6. The Morgan fingerprint density at radius 2 is 1.78 bits per heavy atom. The highest BCUT2D eigenvalue weighted by Crippen LogP contribution is 2.27. The molecule has 3 heteroatoms. The molecule has 124 valence electrons. The fraction of sp³-hybridized carbons (Fsp3) is 0.500. The fourth-order valence-corrected chi connectivity index (χ4v) is 4.04. The van der Waals surface area contributed by atoms with Crippen LogP contribution in [-0.4, -0.2) is 17.0 Å². The first kappa shape index (κ1) is 16.7. The van der Waals surface area contributed by atoms with E-state index in [9.17, 15) is 0 Å². The van der Waals surface area contributed by atoms with Gasteiger partial charge in [0, 0.05) is 30.1 Å². The number of rotatable bonds is 6. The molecule has 0 saturated heterocycles. The zero-order chi connectivity index (χ0) is 16.4. The number of hydrogen-bond acceptors (Lipinski definition) is 3. The first-order valence-corrected chi connectivity index (χ1v) is 9.43. The highest BCUT2D eigenvalue weighted by molar-refractivity contribution is 7.09. The molecule has 0 spiro atoms. The summed E-state index contributed by atoms with van der Waals surface area (Å²) in [6.45, 7) is 9.87. The van der Waals surface area contributed by atoms with Crippen molar-refractivity contribution in [3.63, 3.8) is 0 Å². The van der Waals surface area contributed by atoms with Crippen molar-refractivity contribution in [2.24, 2.45) is 5.73 Å². The van der Waals surface area contributed by atoms with Gasteiger partial charge >= 0.3 is 0 Å². The summed E-state index contributed by atoms with van der Waals surface area (Å²) >= 11 is 1.84. The van der Waals surface area contributed by atoms with Gasteiger partial charge in [-0.15, -0.1) is 11.3 Å². The van der Waals surface area contributed by atoms with Gasteiger partial charge in [-0.25, -0.2) is 0 Å². The molecule has 23 heavy (non-hydrogen) atoms. The van der Waals surface area contributed by atoms with Crippen LogP contribution in [0, 0.1) is 13.8 Å². The molecule has 2 N–H and O–H groups in total. The highest BCUT2D eigenvalue weighted by Gasteiger charge is 2.24. The van der Waals surface area contributed by atoms with E-state index in [1.807, 2.05) is 11.3 Å². The van der Waals surface area contributed by atoms with E-state index in [1.165, 1.54) is 27.1 Å². The maximum absolute atomic E-state index is 6.54. The smallest absolute Gasteiger partial charge is 0.0240 e. The largest absolute Gasteiger partial charge is 0.325 e. The quantitative estimate of drug-likeness (QED) is 0.850. The van der Waals surface area contributed by atoms with Crippen LogP contribution >= 0.6 is 11.3 Å². The summed E-state index contributed by atoms with van der Waals surface area (Å²) in [4.78, 5) is 3.99. The van der Waals surface area contributed by atoms with E-state index >= 15 is 0 Å². The topological polar surface area (TPSA) is 29.3 Å². The highest BCUT2D eigenvalue weighted by atomic mass is 32.1. The summed E-state index contributed by atoms with van der Waals surface area (Å²) in [5, 5.41) is 2.15. The van der Waals surface area contributed by atoms with Gasteiger partial charge in [0.25, 0.3) is 0 Å². The van der Waals surface area contributed by atoms with Gasteiger partial charge in [0.1, 0.15) is 0 Å². The summed E-state index contributed by atoms with van der Waals surface area (Å²) < 4.78 is 0. The summed E-state index contributed by atoms with van der Waals surface area (Å²) in [5.74, 6) is 0. The van der Waals surface area contributed by atoms with Gasteiger partial charge in [0.2, 0.25) is 0 Å². The summed E-state index contributed by atoms with van der Waals surface area (Å²) in [6.07, 6.45) is 3.22. The van der Waals surface area contributed by atoms with Gasteiger partial charge in [-0.1, -0.05) is 18.2 Å². The van der Waals surface area contributed by atoms with Gasteiger partial charge in [-0.05, 0) is 73.7 Å². The summed E-state index contributed by atoms with van der Waals surface area (Å²) in [6, 6.07) is 9.06. The predicted molar refractivity (Wildman–Crippen MR) is 99.9 cm³/mol. The number of nitrogens with zero attached hydrogens (tertiary/aromatic N) is 1. The van der Waals surface area contributed by atoms with E-state index in [4.69, 9.17) is 5.73 Å². The van der Waals surface area contributed by atoms with Gasteiger partial charge in [0.15, 0.2) is 0 Å².